The molecular weight excluding hydrogens is 378 g/mol. The van der Waals surface area contributed by atoms with E-state index in [1.54, 1.807) is 6.20 Å². The van der Waals surface area contributed by atoms with E-state index < -0.39 is 15.7 Å². The lowest BCUT2D eigenvalue weighted by Gasteiger charge is -2.32. The molecule has 0 bridgehead atoms. The number of amides is 1. The zero-order valence-electron chi connectivity index (χ0n) is 15.6. The molecule has 26 heavy (non-hydrogen) atoms. The number of nitrogens with one attached hydrogen (secondary N) is 1. The van der Waals surface area contributed by atoms with Gasteiger partial charge in [-0.05, 0) is 33.6 Å². The van der Waals surface area contributed by atoms with E-state index in [-0.39, 0.29) is 17.9 Å². The summed E-state index contributed by atoms with van der Waals surface area (Å²) in [5.74, 6) is -0.150. The Labute approximate surface area is 159 Å². The standard InChI is InChI=1S/C16H27N3O5S2/c1-16(2,3)24-15(20)18-12-5-7-19(8-6-12)10-14-17-9-13(25-14)11-26(21,22)23-4/h9,12H,5-8,10-11H2,1-4H3,(H,18,20). The van der Waals surface area contributed by atoms with E-state index in [9.17, 15) is 13.2 Å². The predicted octanol–water partition coefficient (Wildman–Crippen LogP) is 2.11. The third kappa shape index (κ3) is 7.18. The normalized spacial score (nSPS) is 17.2. The molecule has 1 fully saturated rings. The summed E-state index contributed by atoms with van der Waals surface area (Å²) in [4.78, 5) is 19.1. The number of thiazole rings is 1. The third-order valence-electron chi connectivity index (χ3n) is 3.84. The van der Waals surface area contributed by atoms with Gasteiger partial charge in [0.2, 0.25) is 0 Å². The van der Waals surface area contributed by atoms with Gasteiger partial charge in [-0.3, -0.25) is 9.08 Å². The Bertz CT molecular complexity index is 704. The Kier molecular flexibility index (Phi) is 7.00. The molecule has 1 amide bonds. The minimum Gasteiger partial charge on any atom is -0.444 e. The zero-order chi connectivity index (χ0) is 19.4. The highest BCUT2D eigenvalue weighted by Crippen LogP contribution is 2.20. The summed E-state index contributed by atoms with van der Waals surface area (Å²) in [5.41, 5.74) is -0.496. The van der Waals surface area contributed by atoms with Crippen molar-refractivity contribution in [3.8, 4) is 0 Å². The maximum atomic E-state index is 11.8. The van der Waals surface area contributed by atoms with Crippen molar-refractivity contribution < 1.29 is 22.1 Å². The summed E-state index contributed by atoms with van der Waals surface area (Å²) in [6.07, 6.45) is 2.90. The topological polar surface area (TPSA) is 97.8 Å². The van der Waals surface area contributed by atoms with E-state index in [2.05, 4.69) is 19.4 Å². The van der Waals surface area contributed by atoms with Crippen LogP contribution in [0, 0.1) is 0 Å². The van der Waals surface area contributed by atoms with Crippen LogP contribution in [0.1, 0.15) is 43.5 Å². The number of piperidine rings is 1. The Morgan fingerprint density at radius 3 is 2.62 bits per heavy atom. The molecule has 0 saturated carbocycles. The van der Waals surface area contributed by atoms with Crippen molar-refractivity contribution in [1.82, 2.24) is 15.2 Å². The van der Waals surface area contributed by atoms with Gasteiger partial charge in [0.15, 0.2) is 0 Å². The number of nitrogens with zero attached hydrogens (tertiary/aromatic N) is 2. The fourth-order valence-electron chi connectivity index (χ4n) is 2.62. The van der Waals surface area contributed by atoms with E-state index in [0.29, 0.717) is 11.4 Å². The van der Waals surface area contributed by atoms with Crippen LogP contribution >= 0.6 is 11.3 Å². The monoisotopic (exact) mass is 405 g/mol. The summed E-state index contributed by atoms with van der Waals surface area (Å²) in [6.45, 7) is 7.88. The van der Waals surface area contributed by atoms with Crippen molar-refractivity contribution >= 4 is 27.5 Å². The second-order valence-corrected chi connectivity index (χ2v) is 10.2. The van der Waals surface area contributed by atoms with Gasteiger partial charge in [0.1, 0.15) is 16.4 Å². The minimum atomic E-state index is -3.52. The van der Waals surface area contributed by atoms with Crippen molar-refractivity contribution in [3.05, 3.63) is 16.1 Å². The van der Waals surface area contributed by atoms with Crippen molar-refractivity contribution in [2.45, 2.75) is 57.6 Å². The SMILES string of the molecule is COS(=O)(=O)Cc1cnc(CN2CCC(NC(=O)OC(C)(C)C)CC2)s1. The highest BCUT2D eigenvalue weighted by molar-refractivity contribution is 7.86. The minimum absolute atomic E-state index is 0.111. The number of carbonyl (C=O) groups is 1. The molecule has 1 saturated heterocycles. The Morgan fingerprint density at radius 1 is 1.38 bits per heavy atom. The second-order valence-electron chi connectivity index (χ2n) is 7.29. The van der Waals surface area contributed by atoms with Crippen molar-refractivity contribution in [2.75, 3.05) is 20.2 Å². The highest BCUT2D eigenvalue weighted by Gasteiger charge is 2.24. The van der Waals surface area contributed by atoms with Crippen LogP contribution in [0.2, 0.25) is 0 Å². The second kappa shape index (κ2) is 8.64. The number of carbonyl (C=O) groups excluding carboxylic acids is 1. The molecule has 0 atom stereocenters. The number of ether oxygens (including phenoxy) is 1. The van der Waals surface area contributed by atoms with Gasteiger partial charge in [0, 0.05) is 30.2 Å². The summed E-state index contributed by atoms with van der Waals surface area (Å²) >= 11 is 1.38. The lowest BCUT2D eigenvalue weighted by Crippen LogP contribution is -2.45. The number of alkyl carbamates (subject to hydrolysis) is 1. The van der Waals surface area contributed by atoms with Gasteiger partial charge in [-0.2, -0.15) is 8.42 Å². The summed E-state index contributed by atoms with van der Waals surface area (Å²) < 4.78 is 32.7. The van der Waals surface area contributed by atoms with Crippen molar-refractivity contribution in [1.29, 1.82) is 0 Å². The van der Waals surface area contributed by atoms with Gasteiger partial charge < -0.3 is 10.1 Å². The van der Waals surface area contributed by atoms with E-state index in [1.807, 2.05) is 20.8 Å². The third-order valence-corrected chi connectivity index (χ3v) is 6.18. The van der Waals surface area contributed by atoms with E-state index in [0.717, 1.165) is 38.0 Å². The van der Waals surface area contributed by atoms with Gasteiger partial charge in [-0.1, -0.05) is 0 Å². The van der Waals surface area contributed by atoms with Crippen LogP contribution in [0.15, 0.2) is 6.20 Å². The smallest absolute Gasteiger partial charge is 0.407 e. The van der Waals surface area contributed by atoms with Crippen LogP contribution in [-0.2, 0) is 31.3 Å². The molecule has 2 heterocycles. The molecule has 148 valence electrons. The van der Waals surface area contributed by atoms with Crippen molar-refractivity contribution in [2.24, 2.45) is 0 Å². The van der Waals surface area contributed by atoms with Gasteiger partial charge >= 0.3 is 6.09 Å². The molecule has 1 aromatic heterocycles. The van der Waals surface area contributed by atoms with Gasteiger partial charge in [0.05, 0.1) is 13.7 Å². The predicted molar refractivity (Wildman–Crippen MR) is 99.4 cm³/mol. The molecule has 1 N–H and O–H groups in total. The van der Waals surface area contributed by atoms with Crippen LogP contribution in [-0.4, -0.2) is 56.2 Å². The maximum absolute atomic E-state index is 11.8. The Morgan fingerprint density at radius 2 is 2.04 bits per heavy atom. The number of hydrogen-bond acceptors (Lipinski definition) is 8. The fraction of sp³-hybridized carbons (Fsp3) is 0.750. The van der Waals surface area contributed by atoms with Gasteiger partial charge in [0.25, 0.3) is 10.1 Å². The first-order valence-electron chi connectivity index (χ1n) is 8.50. The first-order chi connectivity index (χ1) is 12.1. The molecular formula is C16H27N3O5S2. The molecule has 0 radical (unpaired) electrons. The number of rotatable bonds is 6. The quantitative estimate of drug-likeness (QED) is 0.724. The maximum Gasteiger partial charge on any atom is 0.407 e. The lowest BCUT2D eigenvalue weighted by molar-refractivity contribution is 0.0477. The molecule has 10 heteroatoms. The number of aromatic nitrogens is 1. The molecule has 8 nitrogen and oxygen atoms in total. The first kappa shape index (κ1) is 21.1. The van der Waals surface area contributed by atoms with E-state index in [1.165, 1.54) is 11.3 Å². The zero-order valence-corrected chi connectivity index (χ0v) is 17.3. The molecule has 0 spiro atoms. The summed E-state index contributed by atoms with van der Waals surface area (Å²) in [5, 5.41) is 3.79. The van der Waals surface area contributed by atoms with Crippen LogP contribution in [0.3, 0.4) is 0 Å². The number of hydrogen-bond donors (Lipinski definition) is 1. The molecule has 1 aromatic rings. The Hall–Kier alpha value is -1.23. The number of likely N-dealkylation sites (tertiary alicyclic amines) is 1. The summed E-state index contributed by atoms with van der Waals surface area (Å²) in [6, 6.07) is 0.111. The largest absolute Gasteiger partial charge is 0.444 e. The van der Waals surface area contributed by atoms with Gasteiger partial charge in [-0.15, -0.1) is 11.3 Å². The van der Waals surface area contributed by atoms with Crippen LogP contribution in [0.25, 0.3) is 0 Å². The molecule has 2 rings (SSSR count). The van der Waals surface area contributed by atoms with Crippen LogP contribution in [0.5, 0.6) is 0 Å². The van der Waals surface area contributed by atoms with Crippen LogP contribution in [0.4, 0.5) is 4.79 Å². The lowest BCUT2D eigenvalue weighted by atomic mass is 10.1. The van der Waals surface area contributed by atoms with E-state index >= 15 is 0 Å². The van der Waals surface area contributed by atoms with Crippen LogP contribution < -0.4 is 5.32 Å². The van der Waals surface area contributed by atoms with E-state index in [4.69, 9.17) is 4.74 Å². The first-order valence-corrected chi connectivity index (χ1v) is 10.9. The van der Waals surface area contributed by atoms with Crippen molar-refractivity contribution in [3.63, 3.8) is 0 Å². The summed E-state index contributed by atoms with van der Waals surface area (Å²) in [7, 11) is -2.36. The molecule has 1 aliphatic rings. The molecule has 0 unspecified atom stereocenters. The Balaban J connectivity index is 1.77. The molecule has 0 aromatic carbocycles. The average molecular weight is 406 g/mol. The molecule has 0 aliphatic carbocycles. The average Bonchev–Trinajstić information content (AvgIpc) is 2.93. The fourth-order valence-corrected chi connectivity index (χ4v) is 4.59. The highest BCUT2D eigenvalue weighted by atomic mass is 32.2. The molecule has 1 aliphatic heterocycles. The van der Waals surface area contributed by atoms with Gasteiger partial charge in [-0.25, -0.2) is 9.78 Å².